The van der Waals surface area contributed by atoms with E-state index in [9.17, 15) is 0 Å². The Balaban J connectivity index is 0.000000226. The monoisotopic (exact) mass is 931 g/mol. The van der Waals surface area contributed by atoms with Crippen molar-refractivity contribution in [1.29, 1.82) is 0 Å². The number of furan rings is 1. The number of benzene rings is 5. The minimum atomic E-state index is -1.77. The number of pyridine rings is 2. The number of rotatable bonds is 7. The van der Waals surface area contributed by atoms with Crippen molar-refractivity contribution in [3.05, 3.63) is 163 Å². The first-order chi connectivity index (χ1) is 25.1. The Bertz CT molecular complexity index is 2450. The maximum Gasteiger partial charge on any atom is 0 e. The fraction of sp³-hybridized carbons (Fsp3) is 0.167. The van der Waals surface area contributed by atoms with Crippen LogP contribution in [-0.4, -0.2) is 23.2 Å². The largest absolute Gasteiger partial charge is 0 e. The van der Waals surface area contributed by atoms with Crippen LogP contribution >= 0.6 is 0 Å². The van der Waals surface area contributed by atoms with E-state index in [4.69, 9.17) is 4.42 Å². The van der Waals surface area contributed by atoms with E-state index in [2.05, 4.69) is 163 Å². The summed E-state index contributed by atoms with van der Waals surface area (Å²) < 4.78 is 7.93. The van der Waals surface area contributed by atoms with E-state index in [0.717, 1.165) is 56.4 Å². The Morgan fingerprint density at radius 3 is 2.04 bits per heavy atom. The number of hydrogen-bond acceptors (Lipinski definition) is 3. The van der Waals surface area contributed by atoms with Gasteiger partial charge in [0.1, 0.15) is 5.58 Å². The zero-order valence-corrected chi connectivity index (χ0v) is 35.7. The molecule has 0 saturated heterocycles. The van der Waals surface area contributed by atoms with Gasteiger partial charge < -0.3 is 9.40 Å². The zero-order chi connectivity index (χ0) is 36.2. The van der Waals surface area contributed by atoms with Gasteiger partial charge in [-0.15, -0.1) is 18.2 Å². The van der Waals surface area contributed by atoms with Crippen molar-refractivity contribution in [2.45, 2.75) is 44.5 Å². The molecule has 5 aromatic carbocycles. The van der Waals surface area contributed by atoms with Crippen molar-refractivity contribution in [3.63, 3.8) is 0 Å². The number of fused-ring (bicyclic) bond motifs is 3. The van der Waals surface area contributed by atoms with Gasteiger partial charge in [0, 0.05) is 31.7 Å². The van der Waals surface area contributed by atoms with Gasteiger partial charge in [0.05, 0.1) is 5.58 Å². The van der Waals surface area contributed by atoms with Crippen LogP contribution in [-0.2, 0) is 26.5 Å². The second-order valence-corrected chi connectivity index (χ2v) is 25.5. The Morgan fingerprint density at radius 2 is 1.36 bits per heavy atom. The Kier molecular flexibility index (Phi) is 11.9. The molecule has 0 saturated carbocycles. The molecule has 0 unspecified atom stereocenters. The van der Waals surface area contributed by atoms with Crippen molar-refractivity contribution in [2.75, 3.05) is 0 Å². The van der Waals surface area contributed by atoms with Crippen LogP contribution in [0.4, 0.5) is 0 Å². The van der Waals surface area contributed by atoms with Gasteiger partial charge in [0.25, 0.3) is 0 Å². The molecule has 3 aromatic heterocycles. The predicted molar refractivity (Wildman–Crippen MR) is 221 cm³/mol. The molecule has 0 bridgehead atoms. The van der Waals surface area contributed by atoms with Gasteiger partial charge in [-0.3, -0.25) is 0 Å². The molecule has 53 heavy (non-hydrogen) atoms. The Labute approximate surface area is 330 Å². The van der Waals surface area contributed by atoms with Gasteiger partial charge in [-0.2, -0.15) is 0 Å². The molecule has 0 spiro atoms. The van der Waals surface area contributed by atoms with Crippen LogP contribution in [0.3, 0.4) is 0 Å². The standard InChI is InChI=1S/C33H26NO.C15H18GeN.Ir/c1-22(2)19-23-17-18-34-31(20-23)30-10-6-9-29-28-16-15-27(21-32(28)35-33(29)30)26-13-11-25(12-14-26)24-7-4-3-5-8-24;1-12-10-15(13-8-6-5-7-9-13)17-11-14(12)16(2,3)4;/h3-9,11-18,20-22H,19H2,1-2H3;5-8,10-11H,1-4H3;/q2*-1;. The van der Waals surface area contributed by atoms with E-state index in [0.29, 0.717) is 5.92 Å². The summed E-state index contributed by atoms with van der Waals surface area (Å²) in [7, 11) is 0. The number of aryl methyl sites for hydroxylation is 1. The maximum atomic E-state index is 6.44. The van der Waals surface area contributed by atoms with Crippen molar-refractivity contribution >= 4 is 39.6 Å². The van der Waals surface area contributed by atoms with Crippen LogP contribution in [0.1, 0.15) is 25.0 Å². The van der Waals surface area contributed by atoms with Gasteiger partial charge >= 0.3 is 106 Å². The molecule has 3 heterocycles. The summed E-state index contributed by atoms with van der Waals surface area (Å²) in [6.45, 7) is 6.66. The predicted octanol–water partition coefficient (Wildman–Crippen LogP) is 12.4. The SMILES string of the molecule is CC(C)Cc1ccnc(-c2[c-]ccc3c2oc2cc(-c4ccc(-c5ccccc5)cc4)ccc23)c1.Cc1cc(-c2[c-]cccc2)nc[c]1[Ge]([CH3])([CH3])[CH3].[Ir]. The number of nitrogens with zero attached hydrogens (tertiary/aromatic N) is 2. The van der Waals surface area contributed by atoms with Gasteiger partial charge in [0.2, 0.25) is 0 Å². The molecule has 0 fully saturated rings. The summed E-state index contributed by atoms with van der Waals surface area (Å²) in [6, 6.07) is 50.7. The average Bonchev–Trinajstić information content (AvgIpc) is 3.53. The molecule has 0 amide bonds. The van der Waals surface area contributed by atoms with Crippen LogP contribution in [0.2, 0.25) is 17.3 Å². The Morgan fingerprint density at radius 1 is 0.660 bits per heavy atom. The van der Waals surface area contributed by atoms with Crippen LogP contribution in [0.15, 0.2) is 144 Å². The molecule has 0 aliphatic heterocycles. The third-order valence-electron chi connectivity index (χ3n) is 9.39. The van der Waals surface area contributed by atoms with Gasteiger partial charge in [-0.1, -0.05) is 103 Å². The molecular weight excluding hydrogens is 885 g/mol. The second kappa shape index (κ2) is 16.6. The normalized spacial score (nSPS) is 11.3. The maximum absolute atomic E-state index is 6.44. The smallest absolute Gasteiger partial charge is 0 e. The van der Waals surface area contributed by atoms with Crippen LogP contribution in [0.25, 0.3) is 66.7 Å². The van der Waals surface area contributed by atoms with E-state index in [1.807, 2.05) is 36.5 Å². The average molecular weight is 930 g/mol. The van der Waals surface area contributed by atoms with Gasteiger partial charge in [-0.05, 0) is 52.4 Å². The first kappa shape index (κ1) is 38.1. The summed E-state index contributed by atoms with van der Waals surface area (Å²) in [5, 5.41) is 2.20. The molecule has 5 heteroatoms. The topological polar surface area (TPSA) is 38.9 Å². The molecule has 0 aliphatic rings. The van der Waals surface area contributed by atoms with Gasteiger partial charge in [0.15, 0.2) is 0 Å². The molecule has 1 radical (unpaired) electrons. The third kappa shape index (κ3) is 8.79. The molecule has 8 aromatic rings. The molecule has 8 rings (SSSR count). The van der Waals surface area contributed by atoms with E-state index < -0.39 is 13.3 Å². The van der Waals surface area contributed by atoms with E-state index in [1.165, 1.54) is 32.2 Å². The molecule has 267 valence electrons. The first-order valence-electron chi connectivity index (χ1n) is 18.1. The quantitative estimate of drug-likeness (QED) is 0.118. The summed E-state index contributed by atoms with van der Waals surface area (Å²) >= 11 is -1.77. The minimum Gasteiger partial charge on any atom is 0 e. The number of hydrogen-bond donors (Lipinski definition) is 0. The summed E-state index contributed by atoms with van der Waals surface area (Å²) in [5.74, 6) is 7.80. The summed E-state index contributed by atoms with van der Waals surface area (Å²) in [6.07, 6.45) is 4.99. The van der Waals surface area contributed by atoms with Crippen LogP contribution in [0, 0.1) is 25.0 Å². The summed E-state index contributed by atoms with van der Waals surface area (Å²) in [4.78, 5) is 9.24. The zero-order valence-electron chi connectivity index (χ0n) is 31.2. The van der Waals surface area contributed by atoms with Crippen LogP contribution < -0.4 is 4.40 Å². The fourth-order valence-corrected chi connectivity index (χ4v) is 10.4. The van der Waals surface area contributed by atoms with E-state index >= 15 is 0 Å². The molecule has 0 aliphatic carbocycles. The molecule has 0 N–H and O–H groups in total. The minimum absolute atomic E-state index is 0. The van der Waals surface area contributed by atoms with Gasteiger partial charge in [-0.25, -0.2) is 0 Å². The Hall–Kier alpha value is -4.61. The van der Waals surface area contributed by atoms with Crippen LogP contribution in [0.5, 0.6) is 0 Å². The molecule has 3 nitrogen and oxygen atoms in total. The molecule has 0 atom stereocenters. The van der Waals surface area contributed by atoms with Crippen molar-refractivity contribution < 1.29 is 24.5 Å². The second-order valence-electron chi connectivity index (χ2n) is 14.9. The van der Waals surface area contributed by atoms with Crippen molar-refractivity contribution in [3.8, 4) is 44.8 Å². The fourth-order valence-electron chi connectivity index (χ4n) is 6.85. The van der Waals surface area contributed by atoms with E-state index in [-0.39, 0.29) is 20.1 Å². The first-order valence-corrected chi connectivity index (χ1v) is 25.4. The third-order valence-corrected chi connectivity index (χ3v) is 13.9. The van der Waals surface area contributed by atoms with E-state index in [1.54, 1.807) is 0 Å². The molecular formula is C48H44GeIrN2O-2. The van der Waals surface area contributed by atoms with Crippen molar-refractivity contribution in [1.82, 2.24) is 9.97 Å². The summed E-state index contributed by atoms with van der Waals surface area (Å²) in [5.41, 5.74) is 13.0. The number of aromatic nitrogens is 2. The van der Waals surface area contributed by atoms with Crippen molar-refractivity contribution in [2.24, 2.45) is 5.92 Å².